The van der Waals surface area contributed by atoms with Gasteiger partial charge in [0.25, 0.3) is 0 Å². The largest absolute Gasteiger partial charge is 0.350 e. The van der Waals surface area contributed by atoms with Crippen molar-refractivity contribution in [1.82, 2.24) is 15.2 Å². The number of hydrogen-bond donors (Lipinski definition) is 1. The van der Waals surface area contributed by atoms with Gasteiger partial charge in [0.05, 0.1) is 16.8 Å². The van der Waals surface area contributed by atoms with Crippen LogP contribution in [0.25, 0.3) is 0 Å². The van der Waals surface area contributed by atoms with Gasteiger partial charge in [-0.25, -0.2) is 9.37 Å². The van der Waals surface area contributed by atoms with Gasteiger partial charge in [0.15, 0.2) is 0 Å². The molecule has 7 heteroatoms. The maximum atomic E-state index is 13.2. The summed E-state index contributed by atoms with van der Waals surface area (Å²) in [5, 5.41) is 3.67. The minimum Gasteiger partial charge on any atom is -0.350 e. The highest BCUT2D eigenvalue weighted by molar-refractivity contribution is 7.99. The smallest absolute Gasteiger partial charge is 0.230 e. The number of nitrogens with zero attached hydrogens (tertiary/aromatic N) is 2. The van der Waals surface area contributed by atoms with E-state index in [4.69, 9.17) is 0 Å². The van der Waals surface area contributed by atoms with E-state index in [9.17, 15) is 14.0 Å². The first-order valence-electron chi connectivity index (χ1n) is 7.95. The number of halogens is 1. The molecular formula is C18H18FN3O2S. The summed E-state index contributed by atoms with van der Waals surface area (Å²) in [7, 11) is 0. The lowest BCUT2D eigenvalue weighted by Crippen LogP contribution is -2.38. The van der Waals surface area contributed by atoms with Crippen LogP contribution >= 0.6 is 11.8 Å². The molecule has 1 aromatic heterocycles. The van der Waals surface area contributed by atoms with Crippen LogP contribution in [0.2, 0.25) is 0 Å². The van der Waals surface area contributed by atoms with Gasteiger partial charge in [-0.05, 0) is 29.8 Å². The topological polar surface area (TPSA) is 62.3 Å². The van der Waals surface area contributed by atoms with Gasteiger partial charge in [0.1, 0.15) is 5.82 Å². The number of carbonyl (C=O) groups is 2. The second kappa shape index (κ2) is 8.11. The number of likely N-dealkylation sites (tertiary alicyclic amines) is 1. The molecule has 1 aliphatic rings. The number of thioether (sulfide) groups is 1. The molecule has 1 saturated heterocycles. The average molecular weight is 359 g/mol. The molecule has 25 heavy (non-hydrogen) atoms. The summed E-state index contributed by atoms with van der Waals surface area (Å²) in [6.07, 6.45) is 1.95. The molecule has 1 aromatic carbocycles. The summed E-state index contributed by atoms with van der Waals surface area (Å²) in [6, 6.07) is 11.5. The number of carbonyl (C=O) groups excluding carboxylic acids is 2. The molecule has 3 rings (SSSR count). The fraction of sp³-hybridized carbons (Fsp3) is 0.278. The second-order valence-electron chi connectivity index (χ2n) is 5.83. The van der Waals surface area contributed by atoms with E-state index in [2.05, 4.69) is 10.3 Å². The molecule has 1 unspecified atom stereocenters. The monoisotopic (exact) mass is 359 g/mol. The van der Waals surface area contributed by atoms with Crippen molar-refractivity contribution >= 4 is 23.6 Å². The molecule has 0 bridgehead atoms. The molecule has 0 aliphatic carbocycles. The van der Waals surface area contributed by atoms with Gasteiger partial charge in [0, 0.05) is 25.7 Å². The van der Waals surface area contributed by atoms with Crippen molar-refractivity contribution in [3.63, 3.8) is 0 Å². The molecule has 1 fully saturated rings. The highest BCUT2D eigenvalue weighted by Gasteiger charge is 2.30. The van der Waals surface area contributed by atoms with Gasteiger partial charge < -0.3 is 10.2 Å². The Bertz CT molecular complexity index is 757. The third kappa shape index (κ3) is 5.03. The van der Waals surface area contributed by atoms with Gasteiger partial charge in [-0.2, -0.15) is 0 Å². The highest BCUT2D eigenvalue weighted by Crippen LogP contribution is 2.17. The SMILES string of the molecule is O=C(CSc1ccccn1)NC1CC(=O)N(Cc2cccc(F)c2)C1. The maximum absolute atomic E-state index is 13.2. The number of hydrogen-bond acceptors (Lipinski definition) is 4. The molecule has 1 aliphatic heterocycles. The average Bonchev–Trinajstić information content (AvgIpc) is 2.93. The fourth-order valence-corrected chi connectivity index (χ4v) is 3.39. The van der Waals surface area contributed by atoms with E-state index in [0.717, 1.165) is 10.6 Å². The normalized spacial score (nSPS) is 16.9. The third-order valence-electron chi connectivity index (χ3n) is 3.83. The summed E-state index contributed by atoms with van der Waals surface area (Å²) in [4.78, 5) is 29.9. The zero-order valence-electron chi connectivity index (χ0n) is 13.5. The lowest BCUT2D eigenvalue weighted by molar-refractivity contribution is -0.128. The molecule has 1 N–H and O–H groups in total. The fourth-order valence-electron chi connectivity index (χ4n) is 2.72. The van der Waals surface area contributed by atoms with Crippen LogP contribution in [0.4, 0.5) is 4.39 Å². The predicted molar refractivity (Wildman–Crippen MR) is 93.3 cm³/mol. The Morgan fingerprint density at radius 1 is 1.32 bits per heavy atom. The Hall–Kier alpha value is -2.41. The number of pyridine rings is 1. The molecule has 1 atom stereocenters. The zero-order chi connectivity index (χ0) is 17.6. The first-order valence-corrected chi connectivity index (χ1v) is 8.94. The van der Waals surface area contributed by atoms with Crippen molar-refractivity contribution in [2.45, 2.75) is 24.0 Å². The Morgan fingerprint density at radius 2 is 2.20 bits per heavy atom. The summed E-state index contributed by atoms with van der Waals surface area (Å²) in [5.41, 5.74) is 0.742. The van der Waals surface area contributed by atoms with E-state index >= 15 is 0 Å². The van der Waals surface area contributed by atoms with Gasteiger partial charge in [-0.15, -0.1) is 0 Å². The van der Waals surface area contributed by atoms with Gasteiger partial charge in [-0.3, -0.25) is 9.59 Å². The molecule has 0 radical (unpaired) electrons. The lowest BCUT2D eigenvalue weighted by Gasteiger charge is -2.17. The van der Waals surface area contributed by atoms with Crippen molar-refractivity contribution in [1.29, 1.82) is 0 Å². The Morgan fingerprint density at radius 3 is 2.96 bits per heavy atom. The molecule has 2 aromatic rings. The summed E-state index contributed by atoms with van der Waals surface area (Å²) in [5.74, 6) is -0.223. The maximum Gasteiger partial charge on any atom is 0.230 e. The number of aromatic nitrogens is 1. The predicted octanol–water partition coefficient (Wildman–Crippen LogP) is 2.23. The van der Waals surface area contributed by atoms with Crippen LogP contribution in [0.3, 0.4) is 0 Å². The van der Waals surface area contributed by atoms with E-state index in [1.807, 2.05) is 18.2 Å². The zero-order valence-corrected chi connectivity index (χ0v) is 14.3. The van der Waals surface area contributed by atoms with E-state index in [-0.39, 0.29) is 35.8 Å². The molecule has 5 nitrogen and oxygen atoms in total. The van der Waals surface area contributed by atoms with Crippen LogP contribution in [0.15, 0.2) is 53.7 Å². The minimum atomic E-state index is -0.319. The molecule has 130 valence electrons. The standard InChI is InChI=1S/C18H18FN3O2S/c19-14-5-3-4-13(8-14)10-22-11-15(9-18(22)24)21-16(23)12-25-17-6-1-2-7-20-17/h1-8,15H,9-12H2,(H,21,23). The summed E-state index contributed by atoms with van der Waals surface area (Å²) in [6.45, 7) is 0.793. The van der Waals surface area contributed by atoms with E-state index < -0.39 is 0 Å². The number of rotatable bonds is 6. The second-order valence-corrected chi connectivity index (χ2v) is 6.83. The van der Waals surface area contributed by atoms with Crippen LogP contribution in [0.1, 0.15) is 12.0 Å². The Labute approximate surface area is 149 Å². The summed E-state index contributed by atoms with van der Waals surface area (Å²) >= 11 is 1.35. The molecule has 0 spiro atoms. The first-order chi connectivity index (χ1) is 12.1. The van der Waals surface area contributed by atoms with Crippen LogP contribution in [-0.4, -0.2) is 40.0 Å². The molecule has 0 saturated carbocycles. The van der Waals surface area contributed by atoms with Crippen molar-refractivity contribution in [3.8, 4) is 0 Å². The molecule has 2 heterocycles. The van der Waals surface area contributed by atoms with Crippen molar-refractivity contribution in [2.75, 3.05) is 12.3 Å². The Balaban J connectivity index is 1.48. The van der Waals surface area contributed by atoms with Crippen molar-refractivity contribution in [2.24, 2.45) is 0 Å². The number of benzene rings is 1. The number of amides is 2. The van der Waals surface area contributed by atoms with Crippen LogP contribution < -0.4 is 5.32 Å². The van der Waals surface area contributed by atoms with Gasteiger partial charge in [-0.1, -0.05) is 30.0 Å². The van der Waals surface area contributed by atoms with E-state index in [0.29, 0.717) is 13.1 Å². The quantitative estimate of drug-likeness (QED) is 0.804. The van der Waals surface area contributed by atoms with Crippen LogP contribution in [0.5, 0.6) is 0 Å². The first kappa shape index (κ1) is 17.4. The lowest BCUT2D eigenvalue weighted by atomic mass is 10.2. The highest BCUT2D eigenvalue weighted by atomic mass is 32.2. The molecule has 2 amide bonds. The Kier molecular flexibility index (Phi) is 5.65. The van der Waals surface area contributed by atoms with Gasteiger partial charge in [0.2, 0.25) is 11.8 Å². The van der Waals surface area contributed by atoms with E-state index in [1.165, 1.54) is 23.9 Å². The minimum absolute atomic E-state index is 0.0352. The van der Waals surface area contributed by atoms with Crippen molar-refractivity contribution in [3.05, 3.63) is 60.0 Å². The molecular weight excluding hydrogens is 341 g/mol. The van der Waals surface area contributed by atoms with E-state index in [1.54, 1.807) is 23.2 Å². The van der Waals surface area contributed by atoms with Crippen molar-refractivity contribution < 1.29 is 14.0 Å². The number of nitrogens with one attached hydrogen (secondary N) is 1. The third-order valence-corrected chi connectivity index (χ3v) is 4.77. The summed E-state index contributed by atoms with van der Waals surface area (Å²) < 4.78 is 13.2. The van der Waals surface area contributed by atoms with Crippen LogP contribution in [-0.2, 0) is 16.1 Å². The van der Waals surface area contributed by atoms with Gasteiger partial charge >= 0.3 is 0 Å². The van der Waals surface area contributed by atoms with Crippen LogP contribution in [0, 0.1) is 5.82 Å².